The van der Waals surface area contributed by atoms with E-state index >= 15 is 0 Å². The highest BCUT2D eigenvalue weighted by Gasteiger charge is 2.34. The highest BCUT2D eigenvalue weighted by atomic mass is 32.2. The lowest BCUT2D eigenvalue weighted by Crippen LogP contribution is -2.37. The number of methoxy groups -OCH3 is 1. The molecule has 0 bridgehead atoms. The summed E-state index contributed by atoms with van der Waals surface area (Å²) >= 11 is 2.12. The van der Waals surface area contributed by atoms with E-state index in [0.717, 1.165) is 21.6 Å². The second-order valence-electron chi connectivity index (χ2n) is 6.77. The van der Waals surface area contributed by atoms with Crippen LogP contribution in [0.15, 0.2) is 52.3 Å². The van der Waals surface area contributed by atoms with Gasteiger partial charge in [0, 0.05) is 18.0 Å². The normalized spacial score (nSPS) is 14.6. The number of carbonyl (C=O) groups is 3. The number of ether oxygens (including phenoxy) is 2. The van der Waals surface area contributed by atoms with E-state index in [4.69, 9.17) is 9.47 Å². The van der Waals surface area contributed by atoms with Crippen LogP contribution in [0.1, 0.15) is 12.5 Å². The maximum Gasteiger partial charge on any atom is 0.293 e. The van der Waals surface area contributed by atoms with E-state index in [2.05, 4.69) is 5.32 Å². The lowest BCUT2D eigenvalue weighted by atomic mass is 10.2. The number of rotatable bonds is 10. The largest absolute Gasteiger partial charge is 0.493 e. The van der Waals surface area contributed by atoms with Crippen LogP contribution in [0.5, 0.6) is 11.5 Å². The van der Waals surface area contributed by atoms with Crippen molar-refractivity contribution in [1.82, 2.24) is 10.2 Å². The minimum Gasteiger partial charge on any atom is -0.493 e. The molecule has 0 radical (unpaired) electrons. The van der Waals surface area contributed by atoms with E-state index < -0.39 is 5.91 Å². The van der Waals surface area contributed by atoms with Crippen molar-refractivity contribution in [2.45, 2.75) is 11.8 Å². The van der Waals surface area contributed by atoms with Crippen molar-refractivity contribution >= 4 is 46.7 Å². The van der Waals surface area contributed by atoms with E-state index in [1.54, 1.807) is 36.4 Å². The van der Waals surface area contributed by atoms with Gasteiger partial charge in [-0.05, 0) is 66.7 Å². The van der Waals surface area contributed by atoms with Crippen LogP contribution in [-0.4, -0.2) is 54.5 Å². The molecule has 0 atom stereocenters. The molecule has 2 aromatic rings. The topological polar surface area (TPSA) is 84.9 Å². The number of imide groups is 1. The molecule has 0 aromatic heterocycles. The Hall–Kier alpha value is -2.98. The SMILES string of the molecule is CCOc1ccc(/C=C2\SC(=O)N(CCNC(=O)CSc3ccc(F)cc3)C2=O)cc1OC. The minimum absolute atomic E-state index is 0.0710. The quantitative estimate of drug-likeness (QED) is 0.395. The number of benzene rings is 2. The van der Waals surface area contributed by atoms with Gasteiger partial charge in [0.25, 0.3) is 11.1 Å². The van der Waals surface area contributed by atoms with Gasteiger partial charge in [-0.15, -0.1) is 11.8 Å². The molecule has 1 aliphatic heterocycles. The van der Waals surface area contributed by atoms with Crippen LogP contribution < -0.4 is 14.8 Å². The summed E-state index contributed by atoms with van der Waals surface area (Å²) in [5.41, 5.74) is 0.701. The number of nitrogens with one attached hydrogen (secondary N) is 1. The summed E-state index contributed by atoms with van der Waals surface area (Å²) < 4.78 is 23.7. The zero-order valence-corrected chi connectivity index (χ0v) is 19.8. The lowest BCUT2D eigenvalue weighted by Gasteiger charge is -2.13. The Morgan fingerprint density at radius 2 is 1.94 bits per heavy atom. The fraction of sp³-hybridized carbons (Fsp3) is 0.261. The number of carbonyl (C=O) groups excluding carboxylic acids is 3. The van der Waals surface area contributed by atoms with Crippen molar-refractivity contribution in [3.8, 4) is 11.5 Å². The van der Waals surface area contributed by atoms with Gasteiger partial charge in [0.05, 0.1) is 24.4 Å². The minimum atomic E-state index is -0.409. The van der Waals surface area contributed by atoms with Crippen LogP contribution in [0.25, 0.3) is 6.08 Å². The molecule has 3 rings (SSSR count). The van der Waals surface area contributed by atoms with E-state index in [-0.39, 0.29) is 35.8 Å². The Morgan fingerprint density at radius 3 is 2.64 bits per heavy atom. The summed E-state index contributed by atoms with van der Waals surface area (Å²) in [7, 11) is 1.53. The average molecular weight is 491 g/mol. The summed E-state index contributed by atoms with van der Waals surface area (Å²) in [6, 6.07) is 11.1. The summed E-state index contributed by atoms with van der Waals surface area (Å²) in [5, 5.41) is 2.30. The van der Waals surface area contributed by atoms with Gasteiger partial charge in [-0.2, -0.15) is 0 Å². The molecule has 1 saturated heterocycles. The van der Waals surface area contributed by atoms with E-state index in [1.807, 2.05) is 6.92 Å². The van der Waals surface area contributed by atoms with Gasteiger partial charge >= 0.3 is 0 Å². The zero-order valence-electron chi connectivity index (χ0n) is 18.1. The molecule has 1 fully saturated rings. The van der Waals surface area contributed by atoms with Gasteiger partial charge in [0.2, 0.25) is 5.91 Å². The number of nitrogens with zero attached hydrogens (tertiary/aromatic N) is 1. The molecular weight excluding hydrogens is 467 g/mol. The molecule has 1 heterocycles. The van der Waals surface area contributed by atoms with Crippen LogP contribution >= 0.6 is 23.5 Å². The number of hydrogen-bond acceptors (Lipinski definition) is 7. The Morgan fingerprint density at radius 1 is 1.18 bits per heavy atom. The van der Waals surface area contributed by atoms with Crippen LogP contribution in [0.3, 0.4) is 0 Å². The predicted octanol–water partition coefficient (Wildman–Crippen LogP) is 4.18. The third kappa shape index (κ3) is 6.75. The van der Waals surface area contributed by atoms with Gasteiger partial charge in [-0.1, -0.05) is 6.07 Å². The van der Waals surface area contributed by atoms with Crippen molar-refractivity contribution in [3.05, 3.63) is 58.8 Å². The van der Waals surface area contributed by atoms with Crippen molar-refractivity contribution in [2.75, 3.05) is 32.6 Å². The molecule has 3 amide bonds. The smallest absolute Gasteiger partial charge is 0.293 e. The Balaban J connectivity index is 1.52. The Bertz CT molecular complexity index is 1060. The molecule has 0 spiro atoms. The molecule has 2 aromatic carbocycles. The van der Waals surface area contributed by atoms with Crippen LogP contribution in [0.4, 0.5) is 9.18 Å². The van der Waals surface area contributed by atoms with Gasteiger partial charge in [0.15, 0.2) is 11.5 Å². The van der Waals surface area contributed by atoms with Crippen molar-refractivity contribution in [2.24, 2.45) is 0 Å². The third-order valence-corrected chi connectivity index (χ3v) is 6.42. The van der Waals surface area contributed by atoms with Crippen LogP contribution in [0, 0.1) is 5.82 Å². The summed E-state index contributed by atoms with van der Waals surface area (Å²) in [6.45, 7) is 2.58. The molecular formula is C23H23FN2O5S2. The van der Waals surface area contributed by atoms with Crippen LogP contribution in [0.2, 0.25) is 0 Å². The fourth-order valence-corrected chi connectivity index (χ4v) is 4.52. The first-order valence-corrected chi connectivity index (χ1v) is 11.9. The molecule has 174 valence electrons. The summed E-state index contributed by atoms with van der Waals surface area (Å²) in [5.74, 6) is 0.287. The van der Waals surface area contributed by atoms with Gasteiger partial charge in [-0.25, -0.2) is 4.39 Å². The Labute approximate surface area is 199 Å². The maximum absolute atomic E-state index is 12.9. The van der Waals surface area contributed by atoms with E-state index in [0.29, 0.717) is 28.6 Å². The van der Waals surface area contributed by atoms with Gasteiger partial charge in [0.1, 0.15) is 5.82 Å². The van der Waals surface area contributed by atoms with Crippen LogP contribution in [-0.2, 0) is 9.59 Å². The number of halogens is 1. The molecule has 0 aliphatic carbocycles. The summed E-state index contributed by atoms with van der Waals surface area (Å²) in [4.78, 5) is 39.2. The maximum atomic E-state index is 12.9. The van der Waals surface area contributed by atoms with E-state index in [9.17, 15) is 18.8 Å². The highest BCUT2D eigenvalue weighted by molar-refractivity contribution is 8.18. The predicted molar refractivity (Wildman–Crippen MR) is 127 cm³/mol. The molecule has 7 nitrogen and oxygen atoms in total. The first kappa shape index (κ1) is 24.7. The van der Waals surface area contributed by atoms with Gasteiger partial charge < -0.3 is 14.8 Å². The molecule has 10 heteroatoms. The lowest BCUT2D eigenvalue weighted by molar-refractivity contribution is -0.123. The van der Waals surface area contributed by atoms with E-state index in [1.165, 1.54) is 31.0 Å². The first-order chi connectivity index (χ1) is 15.9. The molecule has 33 heavy (non-hydrogen) atoms. The second-order valence-corrected chi connectivity index (χ2v) is 8.81. The number of thioether (sulfide) groups is 2. The second kappa shape index (κ2) is 11.8. The molecule has 0 unspecified atom stereocenters. The standard InChI is InChI=1S/C23H23FN2O5S2/c1-3-31-18-9-4-15(12-19(18)30-2)13-20-22(28)26(23(29)33-20)11-10-25-21(27)14-32-17-7-5-16(24)6-8-17/h4-9,12-13H,3,10-11,14H2,1-2H3,(H,25,27)/b20-13-. The fourth-order valence-electron chi connectivity index (χ4n) is 2.93. The zero-order chi connectivity index (χ0) is 23.8. The molecule has 0 saturated carbocycles. The monoisotopic (exact) mass is 490 g/mol. The molecule has 1 aliphatic rings. The summed E-state index contributed by atoms with van der Waals surface area (Å²) in [6.07, 6.45) is 1.63. The number of amides is 3. The Kier molecular flexibility index (Phi) is 8.79. The molecule has 1 N–H and O–H groups in total. The third-order valence-electron chi connectivity index (χ3n) is 4.50. The number of hydrogen-bond donors (Lipinski definition) is 1. The first-order valence-electron chi connectivity index (χ1n) is 10.1. The van der Waals surface area contributed by atoms with Crippen molar-refractivity contribution in [3.63, 3.8) is 0 Å². The van der Waals surface area contributed by atoms with Gasteiger partial charge in [-0.3, -0.25) is 19.3 Å². The van der Waals surface area contributed by atoms with Crippen molar-refractivity contribution < 1.29 is 28.2 Å². The highest BCUT2D eigenvalue weighted by Crippen LogP contribution is 2.34. The average Bonchev–Trinajstić information content (AvgIpc) is 3.07. The van der Waals surface area contributed by atoms with Crippen molar-refractivity contribution in [1.29, 1.82) is 0 Å².